The molecule has 5 nitrogen and oxygen atoms in total. The van der Waals surface area contributed by atoms with Gasteiger partial charge in [-0.3, -0.25) is 0 Å². The number of hydrogen-bond donors (Lipinski definition) is 2. The van der Waals surface area contributed by atoms with Gasteiger partial charge in [0.2, 0.25) is 0 Å². The second kappa shape index (κ2) is 11.1. The quantitative estimate of drug-likeness (QED) is 0.371. The number of ether oxygens (including phenoxy) is 2. The summed E-state index contributed by atoms with van der Waals surface area (Å²) in [6.45, 7) is 6.57. The molecule has 1 aliphatic carbocycles. The molecular formula is C30H37NO4. The van der Waals surface area contributed by atoms with Crippen molar-refractivity contribution in [3.8, 4) is 5.75 Å². The number of nitrogens with one attached hydrogen (secondary N) is 1. The lowest BCUT2D eigenvalue weighted by atomic mass is 9.75. The minimum absolute atomic E-state index is 0.167. The molecule has 186 valence electrons. The van der Waals surface area contributed by atoms with Gasteiger partial charge >= 0.3 is 5.97 Å². The lowest BCUT2D eigenvalue weighted by Gasteiger charge is -2.37. The molecule has 0 spiro atoms. The number of carbonyl (C=O) groups excluding carboxylic acids is 1. The summed E-state index contributed by atoms with van der Waals surface area (Å²) in [4.78, 5) is 13.3. The van der Waals surface area contributed by atoms with E-state index in [1.807, 2.05) is 66.7 Å². The monoisotopic (exact) mass is 475 g/mol. The van der Waals surface area contributed by atoms with Crippen molar-refractivity contribution in [1.82, 2.24) is 0 Å². The third kappa shape index (κ3) is 5.96. The Morgan fingerprint density at radius 1 is 1.00 bits per heavy atom. The van der Waals surface area contributed by atoms with E-state index in [0.717, 1.165) is 47.0 Å². The Balaban J connectivity index is 1.61. The van der Waals surface area contributed by atoms with E-state index < -0.39 is 18.1 Å². The highest BCUT2D eigenvalue weighted by molar-refractivity contribution is 5.84. The van der Waals surface area contributed by atoms with Crippen LogP contribution in [0.15, 0.2) is 66.7 Å². The summed E-state index contributed by atoms with van der Waals surface area (Å²) in [7, 11) is 1.62. The van der Waals surface area contributed by atoms with Crippen molar-refractivity contribution < 1.29 is 19.4 Å². The Hall–Kier alpha value is -3.05. The second-order valence-corrected chi connectivity index (χ2v) is 10.2. The van der Waals surface area contributed by atoms with E-state index in [-0.39, 0.29) is 6.10 Å². The van der Waals surface area contributed by atoms with E-state index in [2.05, 4.69) is 26.1 Å². The maximum atomic E-state index is 13.3. The van der Waals surface area contributed by atoms with Gasteiger partial charge in [0.05, 0.1) is 13.2 Å². The SMILES string of the molecule is COc1ccc(N[C@@H](c2ccc3ccccc3c2)[C@@H](O)C(=O)O[C@@H]2C[C@H](C)CC[C@H]2C(C)C)cc1. The van der Waals surface area contributed by atoms with Gasteiger partial charge in [0.15, 0.2) is 6.10 Å². The molecule has 0 radical (unpaired) electrons. The first-order valence-corrected chi connectivity index (χ1v) is 12.6. The summed E-state index contributed by atoms with van der Waals surface area (Å²) >= 11 is 0. The summed E-state index contributed by atoms with van der Waals surface area (Å²) < 4.78 is 11.3. The summed E-state index contributed by atoms with van der Waals surface area (Å²) in [6, 6.07) is 20.8. The predicted octanol–water partition coefficient (Wildman–Crippen LogP) is 6.37. The van der Waals surface area contributed by atoms with Crippen LogP contribution in [0.5, 0.6) is 5.75 Å². The molecule has 0 aromatic heterocycles. The van der Waals surface area contributed by atoms with Crippen molar-refractivity contribution in [3.63, 3.8) is 0 Å². The van der Waals surface area contributed by atoms with Gasteiger partial charge < -0.3 is 19.9 Å². The third-order valence-electron chi connectivity index (χ3n) is 7.33. The van der Waals surface area contributed by atoms with Crippen LogP contribution < -0.4 is 10.1 Å². The molecule has 1 saturated carbocycles. The van der Waals surface area contributed by atoms with Crippen LogP contribution in [-0.2, 0) is 9.53 Å². The Labute approximate surface area is 208 Å². The van der Waals surface area contributed by atoms with Crippen LogP contribution in [0.1, 0.15) is 51.6 Å². The lowest BCUT2D eigenvalue weighted by molar-refractivity contribution is -0.166. The van der Waals surface area contributed by atoms with Crippen LogP contribution >= 0.6 is 0 Å². The van der Waals surface area contributed by atoms with Crippen LogP contribution in [0.4, 0.5) is 5.69 Å². The minimum atomic E-state index is -1.36. The maximum Gasteiger partial charge on any atom is 0.337 e. The number of carbonyl (C=O) groups is 1. The number of esters is 1. The molecule has 0 bridgehead atoms. The van der Waals surface area contributed by atoms with Crippen LogP contribution in [-0.4, -0.2) is 30.4 Å². The van der Waals surface area contributed by atoms with Gasteiger partial charge in [-0.05, 0) is 77.3 Å². The average molecular weight is 476 g/mol. The van der Waals surface area contributed by atoms with Crippen LogP contribution in [0.25, 0.3) is 10.8 Å². The Morgan fingerprint density at radius 3 is 2.40 bits per heavy atom. The van der Waals surface area contributed by atoms with Crippen molar-refractivity contribution in [3.05, 3.63) is 72.3 Å². The fraction of sp³-hybridized carbons (Fsp3) is 0.433. The van der Waals surface area contributed by atoms with Gasteiger partial charge in [-0.25, -0.2) is 4.79 Å². The van der Waals surface area contributed by atoms with Gasteiger partial charge in [-0.2, -0.15) is 0 Å². The Morgan fingerprint density at radius 2 is 1.71 bits per heavy atom. The molecule has 3 aromatic rings. The molecule has 2 N–H and O–H groups in total. The van der Waals surface area contributed by atoms with Gasteiger partial charge in [0, 0.05) is 5.69 Å². The number of hydrogen-bond acceptors (Lipinski definition) is 5. The van der Waals surface area contributed by atoms with Crippen LogP contribution in [0, 0.1) is 17.8 Å². The van der Waals surface area contributed by atoms with E-state index in [4.69, 9.17) is 9.47 Å². The second-order valence-electron chi connectivity index (χ2n) is 10.2. The highest BCUT2D eigenvalue weighted by Gasteiger charge is 2.37. The highest BCUT2D eigenvalue weighted by atomic mass is 16.6. The molecule has 0 amide bonds. The van der Waals surface area contributed by atoms with Gasteiger partial charge in [0.25, 0.3) is 0 Å². The Kier molecular flexibility index (Phi) is 7.97. The normalized spacial score (nSPS) is 21.9. The molecule has 0 heterocycles. The lowest BCUT2D eigenvalue weighted by Crippen LogP contribution is -2.41. The molecular weight excluding hydrogens is 438 g/mol. The van der Waals surface area contributed by atoms with E-state index in [1.54, 1.807) is 7.11 Å². The summed E-state index contributed by atoms with van der Waals surface area (Å²) in [5.41, 5.74) is 1.60. The third-order valence-corrected chi connectivity index (χ3v) is 7.33. The summed E-state index contributed by atoms with van der Waals surface area (Å²) in [5.74, 6) is 1.41. The number of benzene rings is 3. The molecule has 5 atom stereocenters. The zero-order valence-corrected chi connectivity index (χ0v) is 21.1. The fourth-order valence-corrected chi connectivity index (χ4v) is 5.22. The van der Waals surface area contributed by atoms with E-state index >= 15 is 0 Å². The largest absolute Gasteiger partial charge is 0.497 e. The first kappa shape index (κ1) is 25.1. The fourth-order valence-electron chi connectivity index (χ4n) is 5.22. The first-order valence-electron chi connectivity index (χ1n) is 12.6. The zero-order chi connectivity index (χ0) is 24.9. The zero-order valence-electron chi connectivity index (χ0n) is 21.1. The standard InChI is InChI=1S/C30H37NO4/c1-19(2)26-16-9-20(3)17-27(26)35-30(33)29(32)28(31-24-12-14-25(34-4)15-13-24)23-11-10-21-7-5-6-8-22(21)18-23/h5-8,10-15,18-20,26-29,31-32H,9,16-17H2,1-4H3/t20-,26+,27-,28+,29-/m1/s1. The number of aliphatic hydroxyl groups excluding tert-OH is 1. The topological polar surface area (TPSA) is 67.8 Å². The number of anilines is 1. The smallest absolute Gasteiger partial charge is 0.337 e. The highest BCUT2D eigenvalue weighted by Crippen LogP contribution is 2.36. The van der Waals surface area contributed by atoms with Crippen molar-refractivity contribution in [2.24, 2.45) is 17.8 Å². The average Bonchev–Trinajstić information content (AvgIpc) is 2.86. The number of aliphatic hydroxyl groups is 1. The van der Waals surface area contributed by atoms with Gasteiger partial charge in [-0.15, -0.1) is 0 Å². The van der Waals surface area contributed by atoms with Crippen molar-refractivity contribution >= 4 is 22.4 Å². The van der Waals surface area contributed by atoms with Gasteiger partial charge in [0.1, 0.15) is 11.9 Å². The van der Waals surface area contributed by atoms with Crippen LogP contribution in [0.2, 0.25) is 0 Å². The first-order chi connectivity index (χ1) is 16.9. The maximum absolute atomic E-state index is 13.3. The minimum Gasteiger partial charge on any atom is -0.497 e. The molecule has 0 aliphatic heterocycles. The van der Waals surface area contributed by atoms with Crippen molar-refractivity contribution in [2.45, 2.75) is 58.3 Å². The molecule has 3 aromatic carbocycles. The summed E-state index contributed by atoms with van der Waals surface area (Å²) in [5, 5.41) is 16.8. The van der Waals surface area contributed by atoms with Crippen LogP contribution in [0.3, 0.4) is 0 Å². The number of rotatable bonds is 8. The molecule has 5 heteroatoms. The number of methoxy groups -OCH3 is 1. The predicted molar refractivity (Wildman–Crippen MR) is 141 cm³/mol. The van der Waals surface area contributed by atoms with Crippen molar-refractivity contribution in [2.75, 3.05) is 12.4 Å². The molecule has 1 fully saturated rings. The van der Waals surface area contributed by atoms with E-state index in [1.165, 1.54) is 0 Å². The molecule has 35 heavy (non-hydrogen) atoms. The van der Waals surface area contributed by atoms with E-state index in [0.29, 0.717) is 17.8 Å². The van der Waals surface area contributed by atoms with E-state index in [9.17, 15) is 9.90 Å². The molecule has 0 unspecified atom stereocenters. The van der Waals surface area contributed by atoms with Gasteiger partial charge in [-0.1, -0.05) is 63.6 Å². The molecule has 4 rings (SSSR count). The Bertz CT molecular complexity index is 1130. The van der Waals surface area contributed by atoms with Crippen molar-refractivity contribution in [1.29, 1.82) is 0 Å². The molecule has 1 aliphatic rings. The number of fused-ring (bicyclic) bond motifs is 1. The molecule has 0 saturated heterocycles. The summed E-state index contributed by atoms with van der Waals surface area (Å²) in [6.07, 6.45) is 1.51.